The number of nitrogens with two attached hydrogens (primary N) is 1. The van der Waals surface area contributed by atoms with Crippen LogP contribution in [0.1, 0.15) is 19.4 Å². The van der Waals surface area contributed by atoms with E-state index in [0.717, 1.165) is 5.56 Å². The summed E-state index contributed by atoms with van der Waals surface area (Å²) in [6.45, 7) is 4.31. The summed E-state index contributed by atoms with van der Waals surface area (Å²) in [5, 5.41) is 3.72. The first-order valence-electron chi connectivity index (χ1n) is 5.81. The van der Waals surface area contributed by atoms with Gasteiger partial charge in [-0.1, -0.05) is 31.5 Å². The molecule has 0 saturated carbocycles. The Kier molecular flexibility index (Phi) is 5.44. The highest BCUT2D eigenvalue weighted by atomic mass is 35.5. The van der Waals surface area contributed by atoms with Crippen molar-refractivity contribution in [3.05, 3.63) is 28.8 Å². The van der Waals surface area contributed by atoms with Crippen molar-refractivity contribution < 1.29 is 9.53 Å². The fraction of sp³-hybridized carbons (Fsp3) is 0.462. The van der Waals surface area contributed by atoms with Crippen LogP contribution < -0.4 is 15.8 Å². The van der Waals surface area contributed by atoms with Crippen molar-refractivity contribution in [2.75, 3.05) is 7.11 Å². The van der Waals surface area contributed by atoms with Crippen molar-refractivity contribution >= 4 is 17.5 Å². The first kappa shape index (κ1) is 14.8. The topological polar surface area (TPSA) is 64.3 Å². The number of ether oxygens (including phenoxy) is 1. The molecule has 1 unspecified atom stereocenters. The van der Waals surface area contributed by atoms with Gasteiger partial charge < -0.3 is 15.8 Å². The Morgan fingerprint density at radius 1 is 1.50 bits per heavy atom. The Labute approximate surface area is 112 Å². The molecule has 0 spiro atoms. The Morgan fingerprint density at radius 3 is 2.67 bits per heavy atom. The summed E-state index contributed by atoms with van der Waals surface area (Å²) < 4.78 is 5.24. The fourth-order valence-corrected chi connectivity index (χ4v) is 2.01. The molecule has 0 aliphatic rings. The number of carbonyl (C=O) groups is 1. The van der Waals surface area contributed by atoms with Crippen LogP contribution >= 0.6 is 11.6 Å². The number of halogens is 1. The lowest BCUT2D eigenvalue weighted by atomic mass is 10.0. The van der Waals surface area contributed by atoms with E-state index in [-0.39, 0.29) is 17.9 Å². The van der Waals surface area contributed by atoms with E-state index in [2.05, 4.69) is 5.32 Å². The van der Waals surface area contributed by atoms with Crippen LogP contribution in [0.25, 0.3) is 0 Å². The average molecular weight is 271 g/mol. The standard InChI is InChI=1S/C13H19ClN2O2/c1-8(2)12(13(15)17)16-7-9-10(14)5-4-6-11(9)18-3/h4-6,8,12,16H,7H2,1-3H3,(H2,15,17). The van der Waals surface area contributed by atoms with E-state index in [0.29, 0.717) is 17.3 Å². The summed E-state index contributed by atoms with van der Waals surface area (Å²) in [5.74, 6) is 0.453. The van der Waals surface area contributed by atoms with Crippen molar-refractivity contribution in [1.82, 2.24) is 5.32 Å². The largest absolute Gasteiger partial charge is 0.496 e. The molecular weight excluding hydrogens is 252 g/mol. The van der Waals surface area contributed by atoms with Gasteiger partial charge in [0, 0.05) is 17.1 Å². The lowest BCUT2D eigenvalue weighted by Crippen LogP contribution is -2.44. The lowest BCUT2D eigenvalue weighted by Gasteiger charge is -2.20. The normalized spacial score (nSPS) is 12.5. The molecule has 0 aliphatic carbocycles. The van der Waals surface area contributed by atoms with Gasteiger partial charge in [0.15, 0.2) is 0 Å². The van der Waals surface area contributed by atoms with Gasteiger partial charge in [-0.15, -0.1) is 0 Å². The molecule has 0 fully saturated rings. The molecule has 5 heteroatoms. The summed E-state index contributed by atoms with van der Waals surface area (Å²) in [7, 11) is 1.59. The van der Waals surface area contributed by atoms with Gasteiger partial charge in [-0.05, 0) is 18.1 Å². The van der Waals surface area contributed by atoms with E-state index < -0.39 is 0 Å². The summed E-state index contributed by atoms with van der Waals surface area (Å²) in [5.41, 5.74) is 6.17. The maximum atomic E-state index is 11.3. The molecule has 4 nitrogen and oxygen atoms in total. The second-order valence-corrected chi connectivity index (χ2v) is 4.83. The number of carbonyl (C=O) groups excluding carboxylic acids is 1. The lowest BCUT2D eigenvalue weighted by molar-refractivity contribution is -0.121. The second-order valence-electron chi connectivity index (χ2n) is 4.43. The van der Waals surface area contributed by atoms with E-state index in [1.165, 1.54) is 0 Å². The molecule has 0 heterocycles. The molecule has 1 atom stereocenters. The van der Waals surface area contributed by atoms with Crippen molar-refractivity contribution in [2.45, 2.75) is 26.4 Å². The van der Waals surface area contributed by atoms with E-state index in [1.54, 1.807) is 13.2 Å². The average Bonchev–Trinajstić information content (AvgIpc) is 2.30. The first-order valence-corrected chi connectivity index (χ1v) is 6.19. The zero-order valence-corrected chi connectivity index (χ0v) is 11.6. The van der Waals surface area contributed by atoms with Crippen LogP contribution in [-0.2, 0) is 11.3 Å². The molecule has 0 aliphatic heterocycles. The Morgan fingerprint density at radius 2 is 2.17 bits per heavy atom. The molecule has 3 N–H and O–H groups in total. The SMILES string of the molecule is COc1cccc(Cl)c1CNC(C(N)=O)C(C)C. The zero-order valence-electron chi connectivity index (χ0n) is 10.9. The Balaban J connectivity index is 2.82. The minimum absolute atomic E-state index is 0.121. The van der Waals surface area contributed by atoms with Gasteiger partial charge in [0.25, 0.3) is 0 Å². The van der Waals surface area contributed by atoms with Crippen LogP contribution in [0.4, 0.5) is 0 Å². The van der Waals surface area contributed by atoms with Gasteiger partial charge in [-0.25, -0.2) is 0 Å². The van der Waals surface area contributed by atoms with Gasteiger partial charge in [-0.3, -0.25) is 4.79 Å². The van der Waals surface area contributed by atoms with E-state index in [4.69, 9.17) is 22.1 Å². The summed E-state index contributed by atoms with van der Waals surface area (Å²) in [4.78, 5) is 11.3. The number of hydrogen-bond acceptors (Lipinski definition) is 3. The van der Waals surface area contributed by atoms with Crippen molar-refractivity contribution in [2.24, 2.45) is 11.7 Å². The Hall–Kier alpha value is -1.26. The van der Waals surface area contributed by atoms with Crippen LogP contribution in [-0.4, -0.2) is 19.1 Å². The van der Waals surface area contributed by atoms with Gasteiger partial charge in [-0.2, -0.15) is 0 Å². The molecule has 1 aromatic rings. The van der Waals surface area contributed by atoms with E-state index >= 15 is 0 Å². The number of amides is 1. The number of primary amides is 1. The summed E-state index contributed by atoms with van der Waals surface area (Å²) in [6.07, 6.45) is 0. The molecule has 100 valence electrons. The predicted molar refractivity (Wildman–Crippen MR) is 72.7 cm³/mol. The second kappa shape index (κ2) is 6.61. The molecule has 0 bridgehead atoms. The summed E-state index contributed by atoms with van der Waals surface area (Å²) in [6, 6.07) is 5.05. The van der Waals surface area contributed by atoms with Gasteiger partial charge in [0.2, 0.25) is 5.91 Å². The van der Waals surface area contributed by atoms with Crippen LogP contribution in [0.15, 0.2) is 18.2 Å². The molecule has 18 heavy (non-hydrogen) atoms. The smallest absolute Gasteiger partial charge is 0.234 e. The predicted octanol–water partition coefficient (Wildman–Crippen LogP) is 1.95. The maximum absolute atomic E-state index is 11.3. The number of benzene rings is 1. The highest BCUT2D eigenvalue weighted by molar-refractivity contribution is 6.31. The highest BCUT2D eigenvalue weighted by Crippen LogP contribution is 2.26. The third-order valence-electron chi connectivity index (χ3n) is 2.77. The zero-order chi connectivity index (χ0) is 13.7. The van der Waals surface area contributed by atoms with Crippen molar-refractivity contribution in [3.63, 3.8) is 0 Å². The van der Waals surface area contributed by atoms with E-state index in [1.807, 2.05) is 26.0 Å². The van der Waals surface area contributed by atoms with Gasteiger partial charge in [0.1, 0.15) is 5.75 Å². The van der Waals surface area contributed by atoms with Gasteiger partial charge in [0.05, 0.1) is 13.2 Å². The van der Waals surface area contributed by atoms with E-state index in [9.17, 15) is 4.79 Å². The van der Waals surface area contributed by atoms with Crippen molar-refractivity contribution in [1.29, 1.82) is 0 Å². The third kappa shape index (κ3) is 3.62. The van der Waals surface area contributed by atoms with Crippen LogP contribution in [0.2, 0.25) is 5.02 Å². The molecular formula is C13H19ClN2O2. The quantitative estimate of drug-likeness (QED) is 0.830. The number of methoxy groups -OCH3 is 1. The van der Waals surface area contributed by atoms with Crippen LogP contribution in [0, 0.1) is 5.92 Å². The molecule has 1 amide bonds. The van der Waals surface area contributed by atoms with Crippen LogP contribution in [0.5, 0.6) is 5.75 Å². The van der Waals surface area contributed by atoms with Gasteiger partial charge >= 0.3 is 0 Å². The van der Waals surface area contributed by atoms with Crippen molar-refractivity contribution in [3.8, 4) is 5.75 Å². The first-order chi connectivity index (χ1) is 8.47. The molecule has 1 aromatic carbocycles. The Bertz CT molecular complexity index is 421. The monoisotopic (exact) mass is 270 g/mol. The fourth-order valence-electron chi connectivity index (χ4n) is 1.78. The molecule has 0 saturated heterocycles. The third-order valence-corrected chi connectivity index (χ3v) is 3.12. The minimum Gasteiger partial charge on any atom is -0.496 e. The number of hydrogen-bond donors (Lipinski definition) is 2. The van der Waals surface area contributed by atoms with Crippen LogP contribution in [0.3, 0.4) is 0 Å². The summed E-state index contributed by atoms with van der Waals surface area (Å²) >= 11 is 6.11. The minimum atomic E-state index is -0.383. The molecule has 1 rings (SSSR count). The molecule has 0 aromatic heterocycles. The highest BCUT2D eigenvalue weighted by Gasteiger charge is 2.19. The maximum Gasteiger partial charge on any atom is 0.234 e. The number of nitrogens with one attached hydrogen (secondary N) is 1. The number of rotatable bonds is 6. The molecule has 0 radical (unpaired) electrons.